The first-order valence-corrected chi connectivity index (χ1v) is 8.07. The first kappa shape index (κ1) is 14.8. The monoisotopic (exact) mass is 302 g/mol. The fourth-order valence-corrected chi connectivity index (χ4v) is 4.65. The van der Waals surface area contributed by atoms with Gasteiger partial charge in [-0.2, -0.15) is 4.31 Å². The lowest BCUT2D eigenvalue weighted by Crippen LogP contribution is -2.59. The lowest BCUT2D eigenvalue weighted by molar-refractivity contribution is 0.186. The first-order chi connectivity index (χ1) is 8.75. The molecule has 1 heterocycles. The average molecular weight is 303 g/mol. The number of rotatable bonds is 2. The molecular formula is C13H19ClN2O2S. The Morgan fingerprint density at radius 2 is 2.05 bits per heavy atom. The fraction of sp³-hybridized carbons (Fsp3) is 0.538. The smallest absolute Gasteiger partial charge is 0.243 e. The van der Waals surface area contributed by atoms with Crippen LogP contribution in [0.1, 0.15) is 19.4 Å². The summed E-state index contributed by atoms with van der Waals surface area (Å²) in [6.07, 6.45) is 0. The van der Waals surface area contributed by atoms with E-state index in [4.69, 9.17) is 11.6 Å². The van der Waals surface area contributed by atoms with Crippen molar-refractivity contribution in [3.05, 3.63) is 28.8 Å². The number of hydrogen-bond acceptors (Lipinski definition) is 3. The molecule has 1 aliphatic rings. The van der Waals surface area contributed by atoms with Crippen LogP contribution in [0.2, 0.25) is 5.02 Å². The van der Waals surface area contributed by atoms with Gasteiger partial charge in [-0.05, 0) is 44.5 Å². The molecule has 0 aliphatic carbocycles. The van der Waals surface area contributed by atoms with Crippen LogP contribution in [-0.2, 0) is 10.0 Å². The van der Waals surface area contributed by atoms with Crippen molar-refractivity contribution < 1.29 is 8.42 Å². The Bertz CT molecular complexity index is 584. The van der Waals surface area contributed by atoms with Gasteiger partial charge in [-0.25, -0.2) is 8.42 Å². The van der Waals surface area contributed by atoms with Gasteiger partial charge >= 0.3 is 0 Å². The highest BCUT2D eigenvalue weighted by molar-refractivity contribution is 7.89. The average Bonchev–Trinajstić information content (AvgIpc) is 2.27. The second-order valence-corrected chi connectivity index (χ2v) is 7.74. The van der Waals surface area contributed by atoms with E-state index in [1.54, 1.807) is 29.4 Å². The highest BCUT2D eigenvalue weighted by atomic mass is 35.5. The zero-order valence-corrected chi connectivity index (χ0v) is 13.0. The normalized spacial score (nSPS) is 20.4. The van der Waals surface area contributed by atoms with Crippen LogP contribution in [0.4, 0.5) is 0 Å². The van der Waals surface area contributed by atoms with Crippen molar-refractivity contribution in [1.82, 2.24) is 9.62 Å². The molecule has 1 fully saturated rings. The van der Waals surface area contributed by atoms with Crippen molar-refractivity contribution in [2.75, 3.05) is 19.6 Å². The maximum Gasteiger partial charge on any atom is 0.243 e. The van der Waals surface area contributed by atoms with E-state index in [2.05, 4.69) is 5.32 Å². The summed E-state index contributed by atoms with van der Waals surface area (Å²) in [5, 5.41) is 3.78. The van der Waals surface area contributed by atoms with Gasteiger partial charge in [0.25, 0.3) is 0 Å². The molecule has 4 nitrogen and oxygen atoms in total. The van der Waals surface area contributed by atoms with Crippen LogP contribution in [-0.4, -0.2) is 37.9 Å². The van der Waals surface area contributed by atoms with Gasteiger partial charge in [0.2, 0.25) is 10.0 Å². The highest BCUT2D eigenvalue weighted by Gasteiger charge is 2.39. The minimum Gasteiger partial charge on any atom is -0.314 e. The Kier molecular flexibility index (Phi) is 3.93. The Balaban J connectivity index is 2.47. The zero-order chi connectivity index (χ0) is 14.3. The predicted molar refractivity (Wildman–Crippen MR) is 77.0 cm³/mol. The number of piperazine rings is 1. The van der Waals surface area contributed by atoms with E-state index >= 15 is 0 Å². The first-order valence-electron chi connectivity index (χ1n) is 6.25. The molecule has 1 aromatic carbocycles. The largest absolute Gasteiger partial charge is 0.314 e. The van der Waals surface area contributed by atoms with Gasteiger partial charge < -0.3 is 5.32 Å². The third kappa shape index (κ3) is 2.79. The Hall–Kier alpha value is -0.620. The van der Waals surface area contributed by atoms with Crippen LogP contribution in [0.15, 0.2) is 23.1 Å². The van der Waals surface area contributed by atoms with Gasteiger partial charge in [-0.3, -0.25) is 0 Å². The molecule has 19 heavy (non-hydrogen) atoms. The summed E-state index contributed by atoms with van der Waals surface area (Å²) in [6, 6.07) is 4.89. The molecule has 0 unspecified atom stereocenters. The van der Waals surface area contributed by atoms with E-state index in [1.165, 1.54) is 0 Å². The van der Waals surface area contributed by atoms with Crippen LogP contribution in [0, 0.1) is 6.92 Å². The lowest BCUT2D eigenvalue weighted by atomic mass is 10.0. The second kappa shape index (κ2) is 5.05. The summed E-state index contributed by atoms with van der Waals surface area (Å²) in [5.74, 6) is 0. The molecule has 1 aliphatic heterocycles. The summed E-state index contributed by atoms with van der Waals surface area (Å²) in [4.78, 5) is 0.340. The van der Waals surface area contributed by atoms with Gasteiger partial charge in [0.15, 0.2) is 0 Å². The highest BCUT2D eigenvalue weighted by Crippen LogP contribution is 2.28. The van der Waals surface area contributed by atoms with E-state index in [1.807, 2.05) is 13.8 Å². The van der Waals surface area contributed by atoms with Gasteiger partial charge in [0, 0.05) is 30.2 Å². The number of nitrogens with one attached hydrogen (secondary N) is 1. The fourth-order valence-electron chi connectivity index (χ4n) is 2.43. The molecule has 1 N–H and O–H groups in total. The van der Waals surface area contributed by atoms with E-state index in [9.17, 15) is 8.42 Å². The van der Waals surface area contributed by atoms with E-state index < -0.39 is 15.6 Å². The van der Waals surface area contributed by atoms with Crippen molar-refractivity contribution in [3.8, 4) is 0 Å². The van der Waals surface area contributed by atoms with Crippen molar-refractivity contribution in [1.29, 1.82) is 0 Å². The third-order valence-corrected chi connectivity index (χ3v) is 5.94. The third-order valence-electron chi connectivity index (χ3n) is 3.43. The Labute approximate surface area is 119 Å². The van der Waals surface area contributed by atoms with Crippen LogP contribution in [0.25, 0.3) is 0 Å². The predicted octanol–water partition coefficient (Wildman–Crippen LogP) is 2.02. The summed E-state index contributed by atoms with van der Waals surface area (Å²) < 4.78 is 27.2. The molecule has 0 saturated carbocycles. The molecule has 0 radical (unpaired) electrons. The van der Waals surface area contributed by atoms with E-state index in [0.717, 1.165) is 0 Å². The second-order valence-electron chi connectivity index (χ2n) is 5.48. The van der Waals surface area contributed by atoms with Crippen molar-refractivity contribution >= 4 is 21.6 Å². The molecule has 0 spiro atoms. The molecule has 106 valence electrons. The zero-order valence-electron chi connectivity index (χ0n) is 11.4. The molecule has 0 bridgehead atoms. The van der Waals surface area contributed by atoms with Crippen LogP contribution in [0.5, 0.6) is 0 Å². The molecule has 0 amide bonds. The minimum atomic E-state index is -3.48. The van der Waals surface area contributed by atoms with Gasteiger partial charge in [-0.15, -0.1) is 0 Å². The quantitative estimate of drug-likeness (QED) is 0.909. The van der Waals surface area contributed by atoms with Crippen molar-refractivity contribution in [2.24, 2.45) is 0 Å². The van der Waals surface area contributed by atoms with Gasteiger partial charge in [0.05, 0.1) is 4.90 Å². The number of hydrogen-bond donors (Lipinski definition) is 1. The number of sulfonamides is 1. The molecule has 1 saturated heterocycles. The van der Waals surface area contributed by atoms with E-state index in [0.29, 0.717) is 35.1 Å². The molecular weight excluding hydrogens is 284 g/mol. The summed E-state index contributed by atoms with van der Waals surface area (Å²) in [6.45, 7) is 7.45. The van der Waals surface area contributed by atoms with Gasteiger partial charge in [-0.1, -0.05) is 11.6 Å². The Morgan fingerprint density at radius 3 is 2.63 bits per heavy atom. The number of nitrogens with zero attached hydrogens (tertiary/aromatic N) is 1. The maximum absolute atomic E-state index is 12.8. The molecule has 0 atom stereocenters. The standard InChI is InChI=1S/C13H19ClN2O2S/c1-10-8-11(14)4-5-12(10)19(17,18)16-7-6-15-9-13(16,2)3/h4-5,8,15H,6-7,9H2,1-3H3. The molecule has 6 heteroatoms. The summed E-state index contributed by atoms with van der Waals surface area (Å²) >= 11 is 5.89. The van der Waals surface area contributed by atoms with Crippen LogP contribution in [0.3, 0.4) is 0 Å². The topological polar surface area (TPSA) is 49.4 Å². The molecule has 0 aromatic heterocycles. The lowest BCUT2D eigenvalue weighted by Gasteiger charge is -2.41. The number of aryl methyl sites for hydroxylation is 1. The number of benzene rings is 1. The SMILES string of the molecule is Cc1cc(Cl)ccc1S(=O)(=O)N1CCNCC1(C)C. The number of halogens is 1. The molecule has 1 aromatic rings. The van der Waals surface area contributed by atoms with Crippen molar-refractivity contribution in [2.45, 2.75) is 31.2 Å². The summed E-state index contributed by atoms with van der Waals surface area (Å²) in [5.41, 5.74) is 0.255. The van der Waals surface area contributed by atoms with Crippen LogP contribution < -0.4 is 5.32 Å². The molecule has 2 rings (SSSR count). The maximum atomic E-state index is 12.8. The Morgan fingerprint density at radius 1 is 1.37 bits per heavy atom. The van der Waals surface area contributed by atoms with Crippen molar-refractivity contribution in [3.63, 3.8) is 0 Å². The van der Waals surface area contributed by atoms with Gasteiger partial charge in [0.1, 0.15) is 0 Å². The minimum absolute atomic E-state index is 0.340. The van der Waals surface area contributed by atoms with E-state index in [-0.39, 0.29) is 0 Å². The summed E-state index contributed by atoms with van der Waals surface area (Å²) in [7, 11) is -3.48. The van der Waals surface area contributed by atoms with Crippen LogP contribution >= 0.6 is 11.6 Å².